The summed E-state index contributed by atoms with van der Waals surface area (Å²) in [5.41, 5.74) is 0.201. The molecule has 0 fully saturated rings. The van der Waals surface area contributed by atoms with Crippen LogP contribution in [0.3, 0.4) is 0 Å². The Labute approximate surface area is 97.4 Å². The minimum absolute atomic E-state index is 0.123. The number of hydrogen-bond donors (Lipinski definition) is 2. The quantitative estimate of drug-likeness (QED) is 0.568. The van der Waals surface area contributed by atoms with Gasteiger partial charge in [-0.05, 0) is 18.3 Å². The largest absolute Gasteiger partial charge is 0.480 e. The number of nitro groups is 1. The summed E-state index contributed by atoms with van der Waals surface area (Å²) in [7, 11) is 0. The molecule has 2 N–H and O–H groups in total. The third-order valence-electron chi connectivity index (χ3n) is 2.52. The van der Waals surface area contributed by atoms with E-state index in [4.69, 9.17) is 5.11 Å². The first-order valence-electron chi connectivity index (χ1n) is 5.13. The number of rotatable bonds is 6. The van der Waals surface area contributed by atoms with E-state index < -0.39 is 10.9 Å². The van der Waals surface area contributed by atoms with Crippen LogP contribution in [-0.4, -0.2) is 38.8 Å². The van der Waals surface area contributed by atoms with Crippen molar-refractivity contribution in [1.29, 1.82) is 0 Å². The van der Waals surface area contributed by atoms with Crippen LogP contribution in [0.1, 0.15) is 20.3 Å². The highest BCUT2D eigenvalue weighted by atomic mass is 16.6. The van der Waals surface area contributed by atoms with Crippen LogP contribution in [0.15, 0.2) is 6.20 Å². The van der Waals surface area contributed by atoms with E-state index in [1.54, 1.807) is 6.92 Å². The molecule has 0 bridgehead atoms. The van der Waals surface area contributed by atoms with E-state index in [1.165, 1.54) is 11.1 Å². The van der Waals surface area contributed by atoms with E-state index in [0.717, 1.165) is 0 Å². The van der Waals surface area contributed by atoms with Crippen molar-refractivity contribution in [2.24, 2.45) is 0 Å². The van der Waals surface area contributed by atoms with Crippen molar-refractivity contribution in [3.05, 3.63) is 16.3 Å². The Morgan fingerprint density at radius 3 is 2.88 bits per heavy atom. The van der Waals surface area contributed by atoms with Crippen LogP contribution in [0, 0.1) is 10.1 Å². The lowest BCUT2D eigenvalue weighted by Crippen LogP contribution is -2.37. The Balaban J connectivity index is 3.07. The Bertz CT molecular complexity index is 417. The number of aromatic nitrogens is 2. The lowest BCUT2D eigenvalue weighted by atomic mass is 10.2. The Hall–Kier alpha value is -2.12. The zero-order valence-electron chi connectivity index (χ0n) is 9.58. The molecule has 0 aliphatic carbocycles. The zero-order chi connectivity index (χ0) is 13.0. The fraction of sp³-hybridized carbons (Fsp3) is 0.556. The molecule has 1 unspecified atom stereocenters. The van der Waals surface area contributed by atoms with Gasteiger partial charge in [0.1, 0.15) is 12.7 Å². The van der Waals surface area contributed by atoms with Crippen LogP contribution < -0.4 is 4.90 Å². The number of anilines is 1. The number of nitrogens with zero attached hydrogens (tertiary/aromatic N) is 3. The highest BCUT2D eigenvalue weighted by Crippen LogP contribution is 2.27. The van der Waals surface area contributed by atoms with Gasteiger partial charge in [-0.2, -0.15) is 0 Å². The molecule has 0 saturated heterocycles. The number of H-pyrrole nitrogens is 1. The lowest BCUT2D eigenvalue weighted by molar-refractivity contribution is -0.388. The molecule has 0 aliphatic rings. The van der Waals surface area contributed by atoms with Crippen molar-refractivity contribution in [2.45, 2.75) is 26.3 Å². The molecule has 8 heteroatoms. The molecule has 17 heavy (non-hydrogen) atoms. The second kappa shape index (κ2) is 5.28. The number of aromatic amines is 1. The normalized spacial score (nSPS) is 12.1. The Morgan fingerprint density at radius 1 is 1.76 bits per heavy atom. The fourth-order valence-electron chi connectivity index (χ4n) is 1.46. The number of hydrogen-bond acceptors (Lipinski definition) is 5. The van der Waals surface area contributed by atoms with Gasteiger partial charge in [0.25, 0.3) is 0 Å². The number of carbonyl (C=O) groups is 1. The smallest absolute Gasteiger partial charge is 0.366 e. The summed E-state index contributed by atoms with van der Waals surface area (Å²) < 4.78 is 0. The molecule has 1 rings (SSSR count). The molecule has 0 spiro atoms. The van der Waals surface area contributed by atoms with Gasteiger partial charge in [0, 0.05) is 6.04 Å². The van der Waals surface area contributed by atoms with E-state index in [-0.39, 0.29) is 24.1 Å². The van der Waals surface area contributed by atoms with Gasteiger partial charge in [-0.1, -0.05) is 12.0 Å². The molecule has 94 valence electrons. The van der Waals surface area contributed by atoms with E-state index in [1.807, 2.05) is 6.92 Å². The number of nitrogens with one attached hydrogen (secondary N) is 1. The van der Waals surface area contributed by atoms with Gasteiger partial charge in [-0.15, -0.1) is 5.10 Å². The van der Waals surface area contributed by atoms with Gasteiger partial charge in [0.15, 0.2) is 5.69 Å². The topological polar surface area (TPSA) is 112 Å². The highest BCUT2D eigenvalue weighted by Gasteiger charge is 2.25. The predicted octanol–water partition coefficient (Wildman–Crippen LogP) is 1.01. The van der Waals surface area contributed by atoms with Gasteiger partial charge < -0.3 is 20.1 Å². The molecule has 1 atom stereocenters. The molecule has 1 heterocycles. The first kappa shape index (κ1) is 12.9. The van der Waals surface area contributed by atoms with E-state index >= 15 is 0 Å². The standard InChI is InChI=1S/C9H14N4O4/c1-3-6(2)12(5-8(14)15)7-4-10-11-9(7)13(16)17/h4,6H,3,5H2,1-2H3,(H,10,11)(H,14,15). The van der Waals surface area contributed by atoms with Gasteiger partial charge in [0.05, 0.1) is 0 Å². The van der Waals surface area contributed by atoms with Crippen LogP contribution in [0.25, 0.3) is 0 Å². The molecule has 0 amide bonds. The van der Waals surface area contributed by atoms with Crippen LogP contribution in [-0.2, 0) is 4.79 Å². The van der Waals surface area contributed by atoms with Gasteiger partial charge >= 0.3 is 11.8 Å². The molecule has 0 radical (unpaired) electrons. The summed E-state index contributed by atoms with van der Waals surface area (Å²) in [6.45, 7) is 3.39. The number of carboxylic acids is 1. The molecule has 0 aliphatic heterocycles. The lowest BCUT2D eigenvalue weighted by Gasteiger charge is -2.26. The van der Waals surface area contributed by atoms with Crippen molar-refractivity contribution >= 4 is 17.5 Å². The van der Waals surface area contributed by atoms with E-state index in [9.17, 15) is 14.9 Å². The van der Waals surface area contributed by atoms with Gasteiger partial charge in [-0.3, -0.25) is 4.79 Å². The van der Waals surface area contributed by atoms with Crippen molar-refractivity contribution in [2.75, 3.05) is 11.4 Å². The van der Waals surface area contributed by atoms with Crippen LogP contribution in [0.4, 0.5) is 11.5 Å². The summed E-state index contributed by atoms with van der Waals surface area (Å²) in [5.74, 6) is -1.33. The molecular weight excluding hydrogens is 228 g/mol. The summed E-state index contributed by atoms with van der Waals surface area (Å²) in [6, 6.07) is -0.123. The van der Waals surface area contributed by atoms with Crippen molar-refractivity contribution in [1.82, 2.24) is 10.2 Å². The second-order valence-corrected chi connectivity index (χ2v) is 3.64. The third-order valence-corrected chi connectivity index (χ3v) is 2.52. The molecular formula is C9H14N4O4. The Morgan fingerprint density at radius 2 is 2.41 bits per heavy atom. The summed E-state index contributed by atoms with van der Waals surface area (Å²) in [6.07, 6.45) is 1.95. The zero-order valence-corrected chi connectivity index (χ0v) is 9.58. The van der Waals surface area contributed by atoms with Crippen LogP contribution >= 0.6 is 0 Å². The fourth-order valence-corrected chi connectivity index (χ4v) is 1.46. The second-order valence-electron chi connectivity index (χ2n) is 3.64. The van der Waals surface area contributed by atoms with Crippen LogP contribution in [0.2, 0.25) is 0 Å². The van der Waals surface area contributed by atoms with E-state index in [2.05, 4.69) is 10.2 Å². The number of aliphatic carboxylic acids is 1. The highest BCUT2D eigenvalue weighted by molar-refractivity contribution is 5.75. The minimum Gasteiger partial charge on any atom is -0.480 e. The number of carboxylic acid groups (broad SMARTS) is 1. The molecule has 8 nitrogen and oxygen atoms in total. The Kier molecular flexibility index (Phi) is 4.02. The first-order chi connectivity index (χ1) is 7.97. The SMILES string of the molecule is CCC(C)N(CC(=O)O)c1cn[nH]c1[N+](=O)[O-]. The summed E-state index contributed by atoms with van der Waals surface area (Å²) in [5, 5.41) is 25.4. The monoisotopic (exact) mass is 242 g/mol. The maximum atomic E-state index is 10.8. The van der Waals surface area contributed by atoms with E-state index in [0.29, 0.717) is 6.42 Å². The minimum atomic E-state index is -1.04. The molecule has 1 aromatic rings. The average Bonchev–Trinajstić information content (AvgIpc) is 2.73. The third kappa shape index (κ3) is 2.92. The van der Waals surface area contributed by atoms with Crippen molar-refractivity contribution in [3.8, 4) is 0 Å². The maximum Gasteiger partial charge on any atom is 0.366 e. The molecule has 1 aromatic heterocycles. The van der Waals surface area contributed by atoms with Gasteiger partial charge in [0.2, 0.25) is 0 Å². The van der Waals surface area contributed by atoms with Gasteiger partial charge in [-0.25, -0.2) is 0 Å². The first-order valence-corrected chi connectivity index (χ1v) is 5.13. The average molecular weight is 242 g/mol. The van der Waals surface area contributed by atoms with Crippen molar-refractivity contribution in [3.63, 3.8) is 0 Å². The molecule has 0 saturated carbocycles. The summed E-state index contributed by atoms with van der Waals surface area (Å²) in [4.78, 5) is 22.3. The van der Waals surface area contributed by atoms with Crippen molar-refractivity contribution < 1.29 is 14.8 Å². The van der Waals surface area contributed by atoms with Crippen LogP contribution in [0.5, 0.6) is 0 Å². The molecule has 0 aromatic carbocycles. The predicted molar refractivity (Wildman–Crippen MR) is 60.0 cm³/mol. The summed E-state index contributed by atoms with van der Waals surface area (Å²) >= 11 is 0. The maximum absolute atomic E-state index is 10.8.